The van der Waals surface area contributed by atoms with E-state index in [-0.39, 0.29) is 12.3 Å². The fraction of sp³-hybridized carbons (Fsp3) is 0.182. The first-order valence-electron chi connectivity index (χ1n) is 5.42. The van der Waals surface area contributed by atoms with Crippen molar-refractivity contribution in [3.05, 3.63) is 39.0 Å². The average Bonchev–Trinajstić information content (AvgIpc) is 2.82. The normalized spacial score (nSPS) is 11.2. The third-order valence-electron chi connectivity index (χ3n) is 2.17. The van der Waals surface area contributed by atoms with Crippen LogP contribution >= 0.6 is 27.3 Å². The van der Waals surface area contributed by atoms with E-state index >= 15 is 0 Å². The summed E-state index contributed by atoms with van der Waals surface area (Å²) in [6.45, 7) is -0.0215. The molecule has 112 valence electrons. The Kier molecular flexibility index (Phi) is 4.78. The van der Waals surface area contributed by atoms with Gasteiger partial charge in [-0.3, -0.25) is 10.3 Å². The van der Waals surface area contributed by atoms with Crippen LogP contribution in [0.2, 0.25) is 0 Å². The average molecular weight is 382 g/mol. The molecular formula is C11H7BrF3N3O2S. The summed E-state index contributed by atoms with van der Waals surface area (Å²) in [5.74, 6) is 0. The van der Waals surface area contributed by atoms with Crippen LogP contribution in [0.4, 0.5) is 23.7 Å². The van der Waals surface area contributed by atoms with Gasteiger partial charge in [-0.25, -0.2) is 9.78 Å². The summed E-state index contributed by atoms with van der Waals surface area (Å²) in [6, 6.07) is 1.96. The molecule has 0 radical (unpaired) electrons. The van der Waals surface area contributed by atoms with Crippen molar-refractivity contribution in [2.75, 3.05) is 5.32 Å². The maximum absolute atomic E-state index is 12.5. The molecule has 1 amide bonds. The number of anilines is 1. The highest BCUT2D eigenvalue weighted by Crippen LogP contribution is 2.28. The first-order valence-corrected chi connectivity index (χ1v) is 7.03. The molecule has 2 aromatic heterocycles. The minimum absolute atomic E-state index is 0.0215. The highest BCUT2D eigenvalue weighted by atomic mass is 79.9. The van der Waals surface area contributed by atoms with Gasteiger partial charge in [-0.2, -0.15) is 13.2 Å². The van der Waals surface area contributed by atoms with Crippen molar-refractivity contribution in [3.8, 4) is 0 Å². The van der Waals surface area contributed by atoms with Gasteiger partial charge in [0, 0.05) is 18.1 Å². The van der Waals surface area contributed by atoms with Gasteiger partial charge in [0.15, 0.2) is 3.92 Å². The van der Waals surface area contributed by atoms with Gasteiger partial charge in [0.05, 0.1) is 4.88 Å². The molecule has 2 heterocycles. The smallest absolute Gasteiger partial charge is 0.433 e. The quantitative estimate of drug-likeness (QED) is 0.870. The van der Waals surface area contributed by atoms with Crippen molar-refractivity contribution in [2.45, 2.75) is 12.8 Å². The topological polar surface area (TPSA) is 64.1 Å². The standard InChI is InChI=1S/C11H7BrF3N3O2S/c12-9-17-4-7(21-9)5-20-10(19)18-6-1-2-16-8(3-6)11(13,14)15/h1-4H,5H2,(H,16,18,19). The number of rotatable bonds is 3. The monoisotopic (exact) mass is 381 g/mol. The first kappa shape index (κ1) is 15.7. The Morgan fingerprint density at radius 3 is 2.81 bits per heavy atom. The first-order chi connectivity index (χ1) is 9.84. The summed E-state index contributed by atoms with van der Waals surface area (Å²) in [7, 11) is 0. The number of halogens is 4. The van der Waals surface area contributed by atoms with E-state index in [9.17, 15) is 18.0 Å². The van der Waals surface area contributed by atoms with E-state index in [0.29, 0.717) is 8.79 Å². The van der Waals surface area contributed by atoms with Gasteiger partial charge in [-0.1, -0.05) is 0 Å². The molecule has 0 aliphatic heterocycles. The number of hydrogen-bond donors (Lipinski definition) is 1. The van der Waals surface area contributed by atoms with E-state index in [1.54, 1.807) is 0 Å². The lowest BCUT2D eigenvalue weighted by molar-refractivity contribution is -0.141. The van der Waals surface area contributed by atoms with Gasteiger partial charge in [0.2, 0.25) is 0 Å². The number of ether oxygens (including phenoxy) is 1. The number of nitrogens with zero attached hydrogens (tertiary/aromatic N) is 2. The maximum Gasteiger partial charge on any atom is 0.433 e. The fourth-order valence-corrected chi connectivity index (χ4v) is 2.58. The van der Waals surface area contributed by atoms with Crippen LogP contribution in [0.1, 0.15) is 10.6 Å². The molecule has 0 aliphatic carbocycles. The van der Waals surface area contributed by atoms with Gasteiger partial charge >= 0.3 is 12.3 Å². The molecule has 0 spiro atoms. The molecule has 21 heavy (non-hydrogen) atoms. The number of aromatic nitrogens is 2. The molecule has 0 aliphatic rings. The van der Waals surface area contributed by atoms with Crippen molar-refractivity contribution in [3.63, 3.8) is 0 Å². The second kappa shape index (κ2) is 6.39. The van der Waals surface area contributed by atoms with Crippen molar-refractivity contribution >= 4 is 39.0 Å². The molecule has 0 atom stereocenters. The summed E-state index contributed by atoms with van der Waals surface area (Å²) in [6.07, 6.45) is -2.95. The van der Waals surface area contributed by atoms with Crippen LogP contribution in [-0.2, 0) is 17.5 Å². The molecule has 10 heteroatoms. The van der Waals surface area contributed by atoms with Crippen molar-refractivity contribution in [2.24, 2.45) is 0 Å². The maximum atomic E-state index is 12.5. The predicted octanol–water partition coefficient (Wildman–Crippen LogP) is 4.07. The van der Waals surface area contributed by atoms with Crippen LogP contribution in [0.3, 0.4) is 0 Å². The number of carbonyl (C=O) groups excluding carboxylic acids is 1. The van der Waals surface area contributed by atoms with E-state index in [2.05, 4.69) is 31.2 Å². The summed E-state index contributed by atoms with van der Waals surface area (Å²) in [5.41, 5.74) is -1.14. The van der Waals surface area contributed by atoms with Gasteiger partial charge in [-0.05, 0) is 28.1 Å². The Hall–Kier alpha value is -1.68. The van der Waals surface area contributed by atoms with E-state index in [4.69, 9.17) is 4.74 Å². The third-order valence-corrected chi connectivity index (χ3v) is 3.62. The fourth-order valence-electron chi connectivity index (χ4n) is 1.30. The summed E-state index contributed by atoms with van der Waals surface area (Å²) in [5, 5.41) is 2.20. The number of nitrogens with one attached hydrogen (secondary N) is 1. The van der Waals surface area contributed by atoms with E-state index in [0.717, 1.165) is 12.3 Å². The van der Waals surface area contributed by atoms with Crippen molar-refractivity contribution in [1.29, 1.82) is 0 Å². The molecule has 2 rings (SSSR count). The Morgan fingerprint density at radius 2 is 2.19 bits per heavy atom. The molecule has 0 saturated carbocycles. The molecule has 0 saturated heterocycles. The zero-order valence-electron chi connectivity index (χ0n) is 10.1. The second-order valence-electron chi connectivity index (χ2n) is 3.71. The number of carbonyl (C=O) groups is 1. The van der Waals surface area contributed by atoms with Crippen molar-refractivity contribution in [1.82, 2.24) is 9.97 Å². The van der Waals surface area contributed by atoms with E-state index in [1.165, 1.54) is 23.6 Å². The van der Waals surface area contributed by atoms with Crippen LogP contribution in [-0.4, -0.2) is 16.1 Å². The van der Waals surface area contributed by atoms with Crippen LogP contribution in [0.5, 0.6) is 0 Å². The SMILES string of the molecule is O=C(Nc1ccnc(C(F)(F)F)c1)OCc1cnc(Br)s1. The molecule has 0 aromatic carbocycles. The Balaban J connectivity index is 1.93. The van der Waals surface area contributed by atoms with Crippen molar-refractivity contribution < 1.29 is 22.7 Å². The lowest BCUT2D eigenvalue weighted by Crippen LogP contribution is -2.15. The highest BCUT2D eigenvalue weighted by molar-refractivity contribution is 9.11. The van der Waals surface area contributed by atoms with Crippen LogP contribution in [0, 0.1) is 0 Å². The summed E-state index contributed by atoms with van der Waals surface area (Å²) >= 11 is 4.44. The minimum Gasteiger partial charge on any atom is -0.444 e. The molecular weight excluding hydrogens is 375 g/mol. The van der Waals surface area contributed by atoms with Crippen LogP contribution in [0.25, 0.3) is 0 Å². The minimum atomic E-state index is -4.57. The lowest BCUT2D eigenvalue weighted by Gasteiger charge is -2.09. The highest BCUT2D eigenvalue weighted by Gasteiger charge is 2.32. The molecule has 2 aromatic rings. The number of alkyl halides is 3. The molecule has 0 fully saturated rings. The van der Waals surface area contributed by atoms with Crippen LogP contribution < -0.4 is 5.32 Å². The third kappa shape index (κ3) is 4.67. The lowest BCUT2D eigenvalue weighted by atomic mass is 10.3. The summed E-state index contributed by atoms with van der Waals surface area (Å²) < 4.78 is 42.9. The number of thiazole rings is 1. The van der Waals surface area contributed by atoms with E-state index in [1.807, 2.05) is 0 Å². The van der Waals surface area contributed by atoms with Crippen LogP contribution in [0.15, 0.2) is 28.4 Å². The van der Waals surface area contributed by atoms with Gasteiger partial charge < -0.3 is 4.74 Å². The number of pyridine rings is 1. The summed E-state index contributed by atoms with van der Waals surface area (Å²) in [4.78, 5) is 19.3. The van der Waals surface area contributed by atoms with Gasteiger partial charge in [-0.15, -0.1) is 11.3 Å². The molecule has 1 N–H and O–H groups in total. The van der Waals surface area contributed by atoms with Gasteiger partial charge in [0.25, 0.3) is 0 Å². The molecule has 0 unspecified atom stereocenters. The Bertz CT molecular complexity index is 648. The largest absolute Gasteiger partial charge is 0.444 e. The number of hydrogen-bond acceptors (Lipinski definition) is 5. The Labute approximate surface area is 129 Å². The predicted molar refractivity (Wildman–Crippen MR) is 72.9 cm³/mol. The van der Waals surface area contributed by atoms with Gasteiger partial charge in [0.1, 0.15) is 12.3 Å². The number of amides is 1. The molecule has 0 bridgehead atoms. The molecule has 5 nitrogen and oxygen atoms in total. The van der Waals surface area contributed by atoms with E-state index < -0.39 is 18.0 Å². The second-order valence-corrected chi connectivity index (χ2v) is 6.10. The zero-order chi connectivity index (χ0) is 15.5. The Morgan fingerprint density at radius 1 is 1.43 bits per heavy atom. The zero-order valence-corrected chi connectivity index (χ0v) is 12.6.